The van der Waals surface area contributed by atoms with Crippen molar-refractivity contribution >= 4 is 18.4 Å². The Bertz CT molecular complexity index is 958. The maximum Gasteiger partial charge on any atom is 0.317 e. The largest absolute Gasteiger partial charge is 0.339 e. The zero-order chi connectivity index (χ0) is 19.3. The molecule has 2 aromatic carbocycles. The Morgan fingerprint density at radius 1 is 1.14 bits per heavy atom. The molecule has 1 aromatic heterocycles. The first-order valence-electron chi connectivity index (χ1n) is 9.44. The quantitative estimate of drug-likeness (QED) is 0.670. The van der Waals surface area contributed by atoms with Crippen LogP contribution in [0.4, 0.5) is 4.79 Å². The van der Waals surface area contributed by atoms with Crippen LogP contribution in [0.3, 0.4) is 0 Å². The molecule has 2 heterocycles. The van der Waals surface area contributed by atoms with E-state index in [9.17, 15) is 4.79 Å². The van der Waals surface area contributed by atoms with Crippen molar-refractivity contribution in [3.05, 3.63) is 71.1 Å². The number of fused-ring (bicyclic) bond motifs is 1. The van der Waals surface area contributed by atoms with E-state index >= 15 is 0 Å². The smallest absolute Gasteiger partial charge is 0.317 e. The number of urea groups is 1. The monoisotopic (exact) mass is 413 g/mol. The van der Waals surface area contributed by atoms with Crippen molar-refractivity contribution in [1.29, 1.82) is 0 Å². The lowest BCUT2D eigenvalue weighted by Crippen LogP contribution is -2.43. The average molecular weight is 414 g/mol. The first-order valence-corrected chi connectivity index (χ1v) is 9.44. The summed E-state index contributed by atoms with van der Waals surface area (Å²) in [5.41, 5.74) is 10.1. The number of halogens is 1. The molecule has 4 rings (SSSR count). The Kier molecular flexibility index (Phi) is 6.85. The van der Waals surface area contributed by atoms with Gasteiger partial charge in [0.15, 0.2) is 0 Å². The third kappa shape index (κ3) is 4.93. The third-order valence-corrected chi connectivity index (χ3v) is 4.95. The summed E-state index contributed by atoms with van der Waals surface area (Å²) >= 11 is 0. The van der Waals surface area contributed by atoms with Crippen molar-refractivity contribution in [3.63, 3.8) is 0 Å². The molecule has 2 amide bonds. The van der Waals surface area contributed by atoms with Crippen LogP contribution >= 0.6 is 12.4 Å². The van der Waals surface area contributed by atoms with Crippen LogP contribution in [0.2, 0.25) is 0 Å². The molecule has 0 saturated carbocycles. The lowest BCUT2D eigenvalue weighted by atomic mass is 10.0. The van der Waals surface area contributed by atoms with E-state index < -0.39 is 0 Å². The number of nitrogens with one attached hydrogen (secondary N) is 1. The average Bonchev–Trinajstić information content (AvgIpc) is 3.22. The number of hydrogen-bond donors (Lipinski definition) is 2. The normalized spacial score (nSPS) is 12.8. The molecule has 0 atom stereocenters. The van der Waals surface area contributed by atoms with Crippen molar-refractivity contribution in [2.24, 2.45) is 5.73 Å². The van der Waals surface area contributed by atoms with Gasteiger partial charge in [0, 0.05) is 38.2 Å². The third-order valence-electron chi connectivity index (χ3n) is 4.95. The maximum absolute atomic E-state index is 12.4. The molecule has 0 bridgehead atoms. The molecule has 152 valence electrons. The van der Waals surface area contributed by atoms with Gasteiger partial charge in [-0.2, -0.15) is 4.98 Å². The number of benzene rings is 2. The fourth-order valence-corrected chi connectivity index (χ4v) is 3.32. The minimum absolute atomic E-state index is 0. The summed E-state index contributed by atoms with van der Waals surface area (Å²) in [6.07, 6.45) is 1.38. The van der Waals surface area contributed by atoms with Crippen LogP contribution in [0.15, 0.2) is 53.1 Å². The van der Waals surface area contributed by atoms with E-state index in [2.05, 4.69) is 27.6 Å². The molecule has 1 aliphatic rings. The second kappa shape index (κ2) is 9.54. The van der Waals surface area contributed by atoms with Crippen LogP contribution in [0.5, 0.6) is 0 Å². The lowest BCUT2D eigenvalue weighted by Gasteiger charge is -2.28. The number of hydrogen-bond acceptors (Lipinski definition) is 5. The predicted octanol–water partition coefficient (Wildman–Crippen LogP) is 2.93. The number of carbonyl (C=O) groups excluding carboxylic acids is 1. The number of aromatic nitrogens is 2. The molecule has 0 fully saturated rings. The molecular weight excluding hydrogens is 390 g/mol. The Morgan fingerprint density at radius 2 is 1.90 bits per heavy atom. The number of amides is 2. The lowest BCUT2D eigenvalue weighted by molar-refractivity contribution is 0.192. The first kappa shape index (κ1) is 20.8. The molecule has 3 N–H and O–H groups in total. The highest BCUT2D eigenvalue weighted by Crippen LogP contribution is 2.19. The van der Waals surface area contributed by atoms with Crippen LogP contribution in [-0.2, 0) is 25.9 Å². The van der Waals surface area contributed by atoms with Gasteiger partial charge in [0.25, 0.3) is 0 Å². The summed E-state index contributed by atoms with van der Waals surface area (Å²) in [5, 5.41) is 6.96. The zero-order valence-electron chi connectivity index (χ0n) is 16.0. The van der Waals surface area contributed by atoms with Gasteiger partial charge in [0.2, 0.25) is 11.7 Å². The first-order chi connectivity index (χ1) is 13.7. The van der Waals surface area contributed by atoms with Crippen molar-refractivity contribution in [1.82, 2.24) is 20.4 Å². The molecule has 0 spiro atoms. The van der Waals surface area contributed by atoms with Gasteiger partial charge in [0.05, 0.1) is 0 Å². The molecule has 8 heteroatoms. The number of carbonyl (C=O) groups is 1. The molecule has 1 aliphatic heterocycles. The summed E-state index contributed by atoms with van der Waals surface area (Å²) in [6, 6.07) is 15.9. The highest BCUT2D eigenvalue weighted by Gasteiger charge is 2.20. The van der Waals surface area contributed by atoms with Gasteiger partial charge < -0.3 is 20.5 Å². The number of rotatable bonds is 5. The molecule has 3 aromatic rings. The molecule has 0 saturated heterocycles. The van der Waals surface area contributed by atoms with Gasteiger partial charge in [-0.05, 0) is 23.1 Å². The van der Waals surface area contributed by atoms with Crippen LogP contribution in [0.1, 0.15) is 22.6 Å². The standard InChI is InChI=1S/C21H23N5O2.ClH/c22-13-15-5-7-17(8-6-15)20-24-19(28-25-20)9-11-23-21(27)26-12-10-16-3-1-2-4-18(16)14-26;/h1-8H,9-14,22H2,(H,23,27);1H. The predicted molar refractivity (Wildman–Crippen MR) is 113 cm³/mol. The maximum atomic E-state index is 12.4. The van der Waals surface area contributed by atoms with E-state index in [0.717, 1.165) is 24.1 Å². The van der Waals surface area contributed by atoms with Gasteiger partial charge >= 0.3 is 6.03 Å². The summed E-state index contributed by atoms with van der Waals surface area (Å²) in [4.78, 5) is 18.7. The van der Waals surface area contributed by atoms with Gasteiger partial charge in [-0.25, -0.2) is 4.79 Å². The van der Waals surface area contributed by atoms with Crippen LogP contribution in [0.25, 0.3) is 11.4 Å². The van der Waals surface area contributed by atoms with E-state index in [1.807, 2.05) is 41.3 Å². The topological polar surface area (TPSA) is 97.3 Å². The Hall–Kier alpha value is -2.90. The zero-order valence-corrected chi connectivity index (χ0v) is 16.8. The fourth-order valence-electron chi connectivity index (χ4n) is 3.32. The highest BCUT2D eigenvalue weighted by atomic mass is 35.5. The van der Waals surface area contributed by atoms with E-state index in [1.54, 1.807) is 0 Å². The Labute approximate surface area is 175 Å². The van der Waals surface area contributed by atoms with Gasteiger partial charge in [-0.15, -0.1) is 12.4 Å². The summed E-state index contributed by atoms with van der Waals surface area (Å²) in [6.45, 7) is 2.32. The van der Waals surface area contributed by atoms with Crippen molar-refractivity contribution in [3.8, 4) is 11.4 Å². The second-order valence-corrected chi connectivity index (χ2v) is 6.83. The molecular formula is C21H24ClN5O2. The summed E-state index contributed by atoms with van der Waals surface area (Å²) < 4.78 is 5.30. The Morgan fingerprint density at radius 3 is 2.66 bits per heavy atom. The summed E-state index contributed by atoms with van der Waals surface area (Å²) in [7, 11) is 0. The van der Waals surface area contributed by atoms with Gasteiger partial charge in [0.1, 0.15) is 0 Å². The number of nitrogens with zero attached hydrogens (tertiary/aromatic N) is 3. The van der Waals surface area contributed by atoms with E-state index in [1.165, 1.54) is 11.1 Å². The van der Waals surface area contributed by atoms with Crippen molar-refractivity contribution < 1.29 is 9.32 Å². The van der Waals surface area contributed by atoms with Gasteiger partial charge in [-0.3, -0.25) is 0 Å². The molecule has 0 aliphatic carbocycles. The molecule has 0 radical (unpaired) electrons. The van der Waals surface area contributed by atoms with E-state index in [4.69, 9.17) is 10.3 Å². The second-order valence-electron chi connectivity index (χ2n) is 6.83. The molecule has 0 unspecified atom stereocenters. The fraction of sp³-hybridized carbons (Fsp3) is 0.286. The van der Waals surface area contributed by atoms with E-state index in [-0.39, 0.29) is 18.4 Å². The van der Waals surface area contributed by atoms with Crippen LogP contribution in [-0.4, -0.2) is 34.2 Å². The van der Waals surface area contributed by atoms with Crippen molar-refractivity contribution in [2.45, 2.75) is 25.9 Å². The Balaban J connectivity index is 0.00000240. The minimum Gasteiger partial charge on any atom is -0.339 e. The number of nitrogens with two attached hydrogens (primary N) is 1. The van der Waals surface area contributed by atoms with Crippen molar-refractivity contribution in [2.75, 3.05) is 13.1 Å². The molecule has 29 heavy (non-hydrogen) atoms. The SMILES string of the molecule is Cl.NCc1ccc(-c2noc(CCNC(=O)N3CCc4ccccc4C3)n2)cc1. The van der Waals surface area contributed by atoms with Gasteiger partial charge in [-0.1, -0.05) is 53.7 Å². The van der Waals surface area contributed by atoms with Crippen LogP contribution in [0, 0.1) is 0 Å². The van der Waals surface area contributed by atoms with Crippen LogP contribution < -0.4 is 11.1 Å². The molecule has 7 nitrogen and oxygen atoms in total. The highest BCUT2D eigenvalue weighted by molar-refractivity contribution is 5.85. The van der Waals surface area contributed by atoms with E-state index in [0.29, 0.717) is 37.8 Å². The summed E-state index contributed by atoms with van der Waals surface area (Å²) in [5.74, 6) is 1.04. The minimum atomic E-state index is -0.0633.